The summed E-state index contributed by atoms with van der Waals surface area (Å²) in [5, 5.41) is 12.4. The van der Waals surface area contributed by atoms with Gasteiger partial charge in [0.05, 0.1) is 4.90 Å². The van der Waals surface area contributed by atoms with Gasteiger partial charge in [-0.3, -0.25) is 4.79 Å². The highest BCUT2D eigenvalue weighted by Crippen LogP contribution is 2.27. The predicted octanol–water partition coefficient (Wildman–Crippen LogP) is 3.90. The van der Waals surface area contributed by atoms with Crippen molar-refractivity contribution in [3.05, 3.63) is 34.8 Å². The summed E-state index contributed by atoms with van der Waals surface area (Å²) in [6, 6.07) is 7.09. The summed E-state index contributed by atoms with van der Waals surface area (Å²) in [6.07, 6.45) is 1.82. The van der Waals surface area contributed by atoms with Crippen LogP contribution in [0.4, 0.5) is 5.13 Å². The van der Waals surface area contributed by atoms with Gasteiger partial charge in [-0.2, -0.15) is 4.31 Å². The number of benzene rings is 1. The normalized spacial score (nSPS) is 16.3. The second-order valence-corrected chi connectivity index (χ2v) is 11.5. The molecule has 1 aromatic carbocycles. The zero-order chi connectivity index (χ0) is 21.9. The number of carbonyl (C=O) groups excluding carboxylic acids is 1. The first-order chi connectivity index (χ1) is 14.2. The molecular weight excluding hydrogens is 420 g/mol. The largest absolute Gasteiger partial charge is 0.300 e. The minimum absolute atomic E-state index is 0.111. The van der Waals surface area contributed by atoms with Gasteiger partial charge in [0.1, 0.15) is 5.01 Å². The summed E-state index contributed by atoms with van der Waals surface area (Å²) in [5.74, 6) is 0.498. The molecule has 1 saturated heterocycles. The third-order valence-electron chi connectivity index (χ3n) is 5.29. The van der Waals surface area contributed by atoms with Crippen molar-refractivity contribution in [1.29, 1.82) is 0 Å². The van der Waals surface area contributed by atoms with Gasteiger partial charge in [0.15, 0.2) is 0 Å². The Balaban J connectivity index is 1.57. The third kappa shape index (κ3) is 5.44. The number of hydrogen-bond donors (Lipinski definition) is 1. The van der Waals surface area contributed by atoms with Crippen LogP contribution in [0.15, 0.2) is 29.2 Å². The summed E-state index contributed by atoms with van der Waals surface area (Å²) in [4.78, 5) is 12.9. The lowest BCUT2D eigenvalue weighted by atomic mass is 9.97. The zero-order valence-electron chi connectivity index (χ0n) is 18.0. The number of amides is 1. The fraction of sp³-hybridized carbons (Fsp3) is 0.571. The number of carbonyl (C=O) groups is 1. The van der Waals surface area contributed by atoms with Crippen LogP contribution in [0.2, 0.25) is 0 Å². The molecule has 0 unspecified atom stereocenters. The molecule has 0 atom stereocenters. The van der Waals surface area contributed by atoms with Crippen LogP contribution in [0, 0.1) is 11.8 Å². The Morgan fingerprint density at radius 2 is 1.77 bits per heavy atom. The number of sulfonamides is 1. The molecule has 9 heteroatoms. The van der Waals surface area contributed by atoms with Crippen LogP contribution in [0.3, 0.4) is 0 Å². The molecule has 0 radical (unpaired) electrons. The van der Waals surface area contributed by atoms with Gasteiger partial charge >= 0.3 is 0 Å². The van der Waals surface area contributed by atoms with Crippen LogP contribution in [0.25, 0.3) is 0 Å². The van der Waals surface area contributed by atoms with E-state index in [0.717, 1.165) is 17.0 Å². The van der Waals surface area contributed by atoms with Crippen molar-refractivity contribution in [2.45, 2.75) is 57.8 Å². The molecule has 1 fully saturated rings. The van der Waals surface area contributed by atoms with Crippen LogP contribution in [0.1, 0.15) is 57.0 Å². The molecule has 1 N–H and O–H groups in total. The number of aromatic nitrogens is 2. The number of nitrogens with zero attached hydrogens (tertiary/aromatic N) is 3. The smallest absolute Gasteiger partial charge is 0.243 e. The van der Waals surface area contributed by atoms with Crippen LogP contribution < -0.4 is 5.32 Å². The van der Waals surface area contributed by atoms with Crippen LogP contribution in [0.5, 0.6) is 0 Å². The monoisotopic (exact) mass is 450 g/mol. The molecule has 0 bridgehead atoms. The number of piperidine rings is 1. The van der Waals surface area contributed by atoms with Crippen LogP contribution >= 0.6 is 11.3 Å². The van der Waals surface area contributed by atoms with Gasteiger partial charge in [-0.15, -0.1) is 10.2 Å². The topological polar surface area (TPSA) is 92.3 Å². The van der Waals surface area contributed by atoms with Gasteiger partial charge in [-0.05, 0) is 42.4 Å². The minimum Gasteiger partial charge on any atom is -0.300 e. The molecule has 0 aliphatic carbocycles. The number of anilines is 1. The summed E-state index contributed by atoms with van der Waals surface area (Å²) < 4.78 is 27.3. The summed E-state index contributed by atoms with van der Waals surface area (Å²) >= 11 is 1.40. The van der Waals surface area contributed by atoms with Crippen LogP contribution in [-0.4, -0.2) is 41.9 Å². The fourth-order valence-electron chi connectivity index (χ4n) is 3.48. The zero-order valence-corrected chi connectivity index (χ0v) is 19.6. The van der Waals surface area contributed by atoms with Crippen molar-refractivity contribution in [2.24, 2.45) is 11.8 Å². The van der Waals surface area contributed by atoms with Crippen molar-refractivity contribution >= 4 is 32.4 Å². The maximum atomic E-state index is 12.9. The summed E-state index contributed by atoms with van der Waals surface area (Å²) in [6.45, 7) is 9.04. The van der Waals surface area contributed by atoms with E-state index in [4.69, 9.17) is 0 Å². The average molecular weight is 451 g/mol. The minimum atomic E-state index is -3.54. The van der Waals surface area contributed by atoms with Crippen molar-refractivity contribution in [1.82, 2.24) is 14.5 Å². The molecule has 2 heterocycles. The highest BCUT2D eigenvalue weighted by molar-refractivity contribution is 7.89. The van der Waals surface area contributed by atoms with Gasteiger partial charge in [0, 0.05) is 25.4 Å². The number of rotatable bonds is 7. The van der Waals surface area contributed by atoms with E-state index >= 15 is 0 Å². The molecule has 7 nitrogen and oxygen atoms in total. The van der Waals surface area contributed by atoms with E-state index in [1.54, 1.807) is 12.1 Å². The van der Waals surface area contributed by atoms with Gasteiger partial charge in [-0.1, -0.05) is 51.2 Å². The maximum absolute atomic E-state index is 12.9. The first kappa shape index (κ1) is 22.8. The van der Waals surface area contributed by atoms with Crippen molar-refractivity contribution in [2.75, 3.05) is 18.4 Å². The SMILES string of the molecule is CC(C)Cc1nnc(NC(=O)C2CCN(S(=O)(=O)c3ccc(C(C)C)cc3)CC2)s1. The molecule has 1 aromatic heterocycles. The highest BCUT2D eigenvalue weighted by atomic mass is 32.2. The number of nitrogens with one attached hydrogen (secondary N) is 1. The molecule has 164 valence electrons. The van der Waals surface area contributed by atoms with E-state index < -0.39 is 10.0 Å². The van der Waals surface area contributed by atoms with Crippen molar-refractivity contribution in [3.8, 4) is 0 Å². The first-order valence-corrected chi connectivity index (χ1v) is 12.7. The Kier molecular flexibility index (Phi) is 7.26. The molecule has 30 heavy (non-hydrogen) atoms. The Labute approximate surface area is 183 Å². The van der Waals surface area contributed by atoms with E-state index in [1.807, 2.05) is 12.1 Å². The average Bonchev–Trinajstić information content (AvgIpc) is 3.14. The number of hydrogen-bond acceptors (Lipinski definition) is 6. The van der Waals surface area contributed by atoms with Crippen molar-refractivity contribution < 1.29 is 13.2 Å². The van der Waals surface area contributed by atoms with E-state index in [2.05, 4.69) is 43.2 Å². The summed E-state index contributed by atoms with van der Waals surface area (Å²) in [7, 11) is -3.54. The Morgan fingerprint density at radius 1 is 1.13 bits per heavy atom. The fourth-order valence-corrected chi connectivity index (χ4v) is 5.90. The Hall–Kier alpha value is -1.84. The lowest BCUT2D eigenvalue weighted by molar-refractivity contribution is -0.120. The lowest BCUT2D eigenvalue weighted by Gasteiger charge is -2.30. The molecule has 0 saturated carbocycles. The Bertz CT molecular complexity index is 960. The molecule has 1 amide bonds. The van der Waals surface area contributed by atoms with E-state index in [0.29, 0.717) is 47.8 Å². The van der Waals surface area contributed by atoms with E-state index in [1.165, 1.54) is 15.6 Å². The van der Waals surface area contributed by atoms with Crippen molar-refractivity contribution in [3.63, 3.8) is 0 Å². The standard InChI is InChI=1S/C21H30N4O3S2/c1-14(2)13-19-23-24-21(29-19)22-20(26)17-9-11-25(12-10-17)30(27,28)18-7-5-16(6-8-18)15(3)4/h5-8,14-15,17H,9-13H2,1-4H3,(H,22,24,26). The van der Waals surface area contributed by atoms with Crippen LogP contribution in [-0.2, 0) is 21.2 Å². The van der Waals surface area contributed by atoms with Gasteiger partial charge < -0.3 is 5.32 Å². The predicted molar refractivity (Wildman–Crippen MR) is 119 cm³/mol. The second-order valence-electron chi connectivity index (χ2n) is 8.49. The third-order valence-corrected chi connectivity index (χ3v) is 8.06. The molecule has 3 rings (SSSR count). The van der Waals surface area contributed by atoms with Gasteiger partial charge in [0.2, 0.25) is 21.1 Å². The van der Waals surface area contributed by atoms with Gasteiger partial charge in [-0.25, -0.2) is 8.42 Å². The Morgan fingerprint density at radius 3 is 2.33 bits per heavy atom. The molecule has 0 spiro atoms. The van der Waals surface area contributed by atoms with E-state index in [9.17, 15) is 13.2 Å². The first-order valence-electron chi connectivity index (χ1n) is 10.4. The van der Waals surface area contributed by atoms with Gasteiger partial charge in [0.25, 0.3) is 0 Å². The molecular formula is C21H30N4O3S2. The maximum Gasteiger partial charge on any atom is 0.243 e. The molecule has 1 aliphatic heterocycles. The molecule has 1 aliphatic rings. The highest BCUT2D eigenvalue weighted by Gasteiger charge is 2.32. The lowest BCUT2D eigenvalue weighted by Crippen LogP contribution is -2.41. The second kappa shape index (κ2) is 9.53. The van der Waals surface area contributed by atoms with E-state index in [-0.39, 0.29) is 11.8 Å². The quantitative estimate of drug-likeness (QED) is 0.691. The summed E-state index contributed by atoms with van der Waals surface area (Å²) in [5.41, 5.74) is 1.11. The molecule has 2 aromatic rings.